The van der Waals surface area contributed by atoms with Crippen molar-refractivity contribution in [1.29, 1.82) is 0 Å². The minimum Gasteiger partial charge on any atom is -0.497 e. The Kier molecular flexibility index (Phi) is 6.27. The fraction of sp³-hybridized carbons (Fsp3) is 0.0800. The maximum absolute atomic E-state index is 12.8. The predicted octanol–water partition coefficient (Wildman–Crippen LogP) is 5.21. The molecule has 0 radical (unpaired) electrons. The zero-order chi connectivity index (χ0) is 22.3. The summed E-state index contributed by atoms with van der Waals surface area (Å²) in [5, 5.41) is 2.88. The molecule has 0 saturated heterocycles. The predicted molar refractivity (Wildman–Crippen MR) is 121 cm³/mol. The van der Waals surface area contributed by atoms with Gasteiger partial charge in [0.25, 0.3) is 5.91 Å². The minimum atomic E-state index is -0.250. The Morgan fingerprint density at radius 3 is 2.38 bits per heavy atom. The number of hydrogen-bond donors (Lipinski definition) is 1. The molecule has 7 nitrogen and oxygen atoms in total. The summed E-state index contributed by atoms with van der Waals surface area (Å²) in [6.07, 6.45) is 1.43. The largest absolute Gasteiger partial charge is 0.497 e. The monoisotopic (exact) mass is 427 g/mol. The summed E-state index contributed by atoms with van der Waals surface area (Å²) in [7, 11) is 3.17. The molecule has 0 spiro atoms. The fourth-order valence-electron chi connectivity index (χ4n) is 3.08. The van der Waals surface area contributed by atoms with Crippen LogP contribution >= 0.6 is 0 Å². The number of aromatic nitrogens is 2. The van der Waals surface area contributed by atoms with Gasteiger partial charge in [0.15, 0.2) is 0 Å². The number of para-hydroxylation sites is 2. The lowest BCUT2D eigenvalue weighted by atomic mass is 10.1. The number of benzene rings is 3. The Bertz CT molecular complexity index is 1230. The Labute approximate surface area is 185 Å². The molecule has 1 amide bonds. The summed E-state index contributed by atoms with van der Waals surface area (Å²) in [5.74, 6) is 2.10. The average molecular weight is 427 g/mol. The Morgan fingerprint density at radius 1 is 0.812 bits per heavy atom. The molecule has 0 aliphatic rings. The molecule has 1 N–H and O–H groups in total. The summed E-state index contributed by atoms with van der Waals surface area (Å²) in [6.45, 7) is 0. The highest BCUT2D eigenvalue weighted by Gasteiger charge is 2.12. The van der Waals surface area contributed by atoms with Crippen molar-refractivity contribution in [2.45, 2.75) is 0 Å². The van der Waals surface area contributed by atoms with E-state index in [1.165, 1.54) is 6.33 Å². The molecular formula is C25H21N3O4. The molecule has 1 aromatic heterocycles. The zero-order valence-corrected chi connectivity index (χ0v) is 17.6. The van der Waals surface area contributed by atoms with Crippen LogP contribution in [0.2, 0.25) is 0 Å². The summed E-state index contributed by atoms with van der Waals surface area (Å²) >= 11 is 0. The second-order valence-corrected chi connectivity index (χ2v) is 6.75. The first-order valence-electron chi connectivity index (χ1n) is 9.85. The lowest BCUT2D eigenvalue weighted by Crippen LogP contribution is -2.12. The van der Waals surface area contributed by atoms with E-state index in [4.69, 9.17) is 14.2 Å². The number of methoxy groups -OCH3 is 2. The number of ether oxygens (including phenoxy) is 3. The Morgan fingerprint density at radius 2 is 1.59 bits per heavy atom. The molecule has 0 atom stereocenters. The van der Waals surface area contributed by atoms with Crippen LogP contribution in [0, 0.1) is 0 Å². The molecule has 0 saturated carbocycles. The first-order chi connectivity index (χ1) is 15.7. The lowest BCUT2D eigenvalue weighted by Gasteiger charge is -2.11. The molecule has 0 unspecified atom stereocenters. The van der Waals surface area contributed by atoms with E-state index < -0.39 is 0 Å². The Balaban J connectivity index is 1.53. The summed E-state index contributed by atoms with van der Waals surface area (Å²) < 4.78 is 16.3. The summed E-state index contributed by atoms with van der Waals surface area (Å²) in [5.41, 5.74) is 2.49. The number of nitrogens with one attached hydrogen (secondary N) is 1. The van der Waals surface area contributed by atoms with Crippen molar-refractivity contribution in [3.05, 3.63) is 90.8 Å². The van der Waals surface area contributed by atoms with Crippen molar-refractivity contribution in [3.63, 3.8) is 0 Å². The lowest BCUT2D eigenvalue weighted by molar-refractivity contribution is 0.102. The molecule has 160 valence electrons. The van der Waals surface area contributed by atoms with Crippen molar-refractivity contribution < 1.29 is 19.0 Å². The van der Waals surface area contributed by atoms with Crippen LogP contribution < -0.4 is 19.5 Å². The topological polar surface area (TPSA) is 82.6 Å². The third-order valence-corrected chi connectivity index (χ3v) is 4.70. The van der Waals surface area contributed by atoms with Crippen LogP contribution in [0.5, 0.6) is 23.1 Å². The van der Waals surface area contributed by atoms with E-state index in [0.29, 0.717) is 34.3 Å². The maximum atomic E-state index is 12.8. The third kappa shape index (κ3) is 4.84. The van der Waals surface area contributed by atoms with E-state index in [-0.39, 0.29) is 5.91 Å². The molecule has 0 fully saturated rings. The molecule has 32 heavy (non-hydrogen) atoms. The van der Waals surface area contributed by atoms with Crippen molar-refractivity contribution in [2.75, 3.05) is 19.5 Å². The second-order valence-electron chi connectivity index (χ2n) is 6.75. The van der Waals surface area contributed by atoms with Crippen molar-refractivity contribution in [1.82, 2.24) is 9.97 Å². The van der Waals surface area contributed by atoms with Gasteiger partial charge in [-0.15, -0.1) is 0 Å². The number of amides is 1. The minimum absolute atomic E-state index is 0.250. The van der Waals surface area contributed by atoms with E-state index in [1.807, 2.05) is 18.2 Å². The van der Waals surface area contributed by atoms with Gasteiger partial charge in [0.05, 0.1) is 25.6 Å². The standard InChI is InChI=1S/C25H21N3O4/c1-30-19-10-12-20(13-11-19)32-24-15-22(26-16-27-24)17-6-5-7-18(14-17)25(29)28-21-8-3-4-9-23(21)31-2/h3-16H,1-2H3,(H,28,29). The van der Waals surface area contributed by atoms with Gasteiger partial charge in [0.1, 0.15) is 23.6 Å². The third-order valence-electron chi connectivity index (χ3n) is 4.70. The van der Waals surface area contributed by atoms with Crippen LogP contribution in [-0.2, 0) is 0 Å². The SMILES string of the molecule is COc1ccc(Oc2cc(-c3cccc(C(=O)Nc4ccccc4OC)c3)ncn2)cc1. The van der Waals surface area contributed by atoms with Crippen molar-refractivity contribution in [2.24, 2.45) is 0 Å². The number of rotatable bonds is 7. The van der Waals surface area contributed by atoms with Crippen LogP contribution in [0.1, 0.15) is 10.4 Å². The highest BCUT2D eigenvalue weighted by Crippen LogP contribution is 2.27. The van der Waals surface area contributed by atoms with E-state index in [1.54, 1.807) is 74.9 Å². The molecule has 0 bridgehead atoms. The van der Waals surface area contributed by atoms with Gasteiger partial charge in [-0.25, -0.2) is 9.97 Å². The Hall–Kier alpha value is -4.39. The van der Waals surface area contributed by atoms with Gasteiger partial charge in [-0.05, 0) is 48.5 Å². The first kappa shape index (κ1) is 20.9. The van der Waals surface area contributed by atoms with Gasteiger partial charge >= 0.3 is 0 Å². The molecule has 4 aromatic rings. The fourth-order valence-corrected chi connectivity index (χ4v) is 3.08. The smallest absolute Gasteiger partial charge is 0.255 e. The normalized spacial score (nSPS) is 10.3. The molecule has 1 heterocycles. The van der Waals surface area contributed by atoms with Crippen LogP contribution in [0.25, 0.3) is 11.3 Å². The zero-order valence-electron chi connectivity index (χ0n) is 17.6. The van der Waals surface area contributed by atoms with Gasteiger partial charge in [-0.1, -0.05) is 24.3 Å². The van der Waals surface area contributed by atoms with Gasteiger partial charge < -0.3 is 19.5 Å². The molecule has 4 rings (SSSR count). The van der Waals surface area contributed by atoms with E-state index in [0.717, 1.165) is 11.3 Å². The molecule has 3 aromatic carbocycles. The number of carbonyl (C=O) groups is 1. The maximum Gasteiger partial charge on any atom is 0.255 e. The van der Waals surface area contributed by atoms with Crippen LogP contribution in [-0.4, -0.2) is 30.1 Å². The van der Waals surface area contributed by atoms with Gasteiger partial charge in [-0.3, -0.25) is 4.79 Å². The highest BCUT2D eigenvalue weighted by molar-refractivity contribution is 6.05. The number of nitrogens with zero attached hydrogens (tertiary/aromatic N) is 2. The number of hydrogen-bond acceptors (Lipinski definition) is 6. The summed E-state index contributed by atoms with van der Waals surface area (Å²) in [4.78, 5) is 21.3. The average Bonchev–Trinajstić information content (AvgIpc) is 2.85. The van der Waals surface area contributed by atoms with Crippen LogP contribution in [0.4, 0.5) is 5.69 Å². The van der Waals surface area contributed by atoms with Crippen LogP contribution in [0.3, 0.4) is 0 Å². The molecular weight excluding hydrogens is 406 g/mol. The molecule has 0 aliphatic heterocycles. The van der Waals surface area contributed by atoms with Gasteiger partial charge in [0.2, 0.25) is 5.88 Å². The first-order valence-corrected chi connectivity index (χ1v) is 9.85. The van der Waals surface area contributed by atoms with E-state index >= 15 is 0 Å². The van der Waals surface area contributed by atoms with E-state index in [2.05, 4.69) is 15.3 Å². The molecule has 7 heteroatoms. The van der Waals surface area contributed by atoms with Gasteiger partial charge in [0, 0.05) is 17.2 Å². The highest BCUT2D eigenvalue weighted by atomic mass is 16.5. The number of carbonyl (C=O) groups excluding carboxylic acids is 1. The summed E-state index contributed by atoms with van der Waals surface area (Å²) in [6, 6.07) is 23.4. The quantitative estimate of drug-likeness (QED) is 0.436. The van der Waals surface area contributed by atoms with E-state index in [9.17, 15) is 4.79 Å². The number of anilines is 1. The molecule has 0 aliphatic carbocycles. The second kappa shape index (κ2) is 9.61. The van der Waals surface area contributed by atoms with Crippen molar-refractivity contribution in [3.8, 4) is 34.4 Å². The van der Waals surface area contributed by atoms with Crippen LogP contribution in [0.15, 0.2) is 85.2 Å². The van der Waals surface area contributed by atoms with Crippen molar-refractivity contribution >= 4 is 11.6 Å². The van der Waals surface area contributed by atoms with Gasteiger partial charge in [-0.2, -0.15) is 0 Å².